The van der Waals surface area contributed by atoms with Gasteiger partial charge in [0.2, 0.25) is 0 Å². The van der Waals surface area contributed by atoms with Gasteiger partial charge in [0.1, 0.15) is 0 Å². The summed E-state index contributed by atoms with van der Waals surface area (Å²) in [6.07, 6.45) is 6.37. The van der Waals surface area contributed by atoms with Gasteiger partial charge in [-0.25, -0.2) is 0 Å². The summed E-state index contributed by atoms with van der Waals surface area (Å²) >= 11 is 0. The first-order chi connectivity index (χ1) is 8.18. The molecule has 4 nitrogen and oxygen atoms in total. The van der Waals surface area contributed by atoms with Gasteiger partial charge in [-0.3, -0.25) is 4.99 Å². The van der Waals surface area contributed by atoms with Gasteiger partial charge in [-0.05, 0) is 19.8 Å². The molecule has 3 N–H and O–H groups in total. The molecule has 0 aliphatic heterocycles. The Balaban J connectivity index is 0.00000289. The first kappa shape index (κ1) is 17.7. The normalized spacial score (nSPS) is 17.1. The van der Waals surface area contributed by atoms with Crippen molar-refractivity contribution in [2.45, 2.75) is 45.1 Å². The summed E-state index contributed by atoms with van der Waals surface area (Å²) in [6.45, 7) is 7.52. The number of hydrogen-bond acceptors (Lipinski definition) is 2. The van der Waals surface area contributed by atoms with E-state index >= 15 is 0 Å². The van der Waals surface area contributed by atoms with Crippen LogP contribution in [0, 0.1) is 0 Å². The van der Waals surface area contributed by atoms with Crippen LogP contribution in [0.3, 0.4) is 0 Å². The van der Waals surface area contributed by atoms with E-state index in [4.69, 9.17) is 10.5 Å². The molecular weight excluding hydrogens is 341 g/mol. The van der Waals surface area contributed by atoms with E-state index in [1.54, 1.807) is 0 Å². The van der Waals surface area contributed by atoms with Crippen molar-refractivity contribution in [3.05, 3.63) is 12.2 Å². The minimum Gasteiger partial charge on any atom is -0.375 e. The van der Waals surface area contributed by atoms with Gasteiger partial charge in [0, 0.05) is 6.04 Å². The largest absolute Gasteiger partial charge is 0.375 e. The molecule has 18 heavy (non-hydrogen) atoms. The Kier molecular flexibility index (Phi) is 10.4. The highest BCUT2D eigenvalue weighted by molar-refractivity contribution is 14.0. The van der Waals surface area contributed by atoms with Gasteiger partial charge in [-0.2, -0.15) is 0 Å². The fourth-order valence-corrected chi connectivity index (χ4v) is 1.98. The fourth-order valence-electron chi connectivity index (χ4n) is 1.98. The molecule has 106 valence electrons. The molecule has 1 aliphatic rings. The van der Waals surface area contributed by atoms with E-state index < -0.39 is 0 Å². The highest BCUT2D eigenvalue weighted by Crippen LogP contribution is 2.16. The van der Waals surface area contributed by atoms with Gasteiger partial charge in [0.05, 0.1) is 19.8 Å². The smallest absolute Gasteiger partial charge is 0.188 e. The van der Waals surface area contributed by atoms with Gasteiger partial charge in [0.25, 0.3) is 0 Å². The Morgan fingerprint density at radius 1 is 1.39 bits per heavy atom. The molecule has 1 rings (SSSR count). The molecule has 1 saturated carbocycles. The summed E-state index contributed by atoms with van der Waals surface area (Å²) < 4.78 is 5.35. The number of halogens is 1. The Morgan fingerprint density at radius 3 is 2.67 bits per heavy atom. The van der Waals surface area contributed by atoms with Crippen molar-refractivity contribution in [3.8, 4) is 0 Å². The summed E-state index contributed by atoms with van der Waals surface area (Å²) in [5.74, 6) is 0.552. The van der Waals surface area contributed by atoms with Crippen molar-refractivity contribution in [2.75, 3.05) is 19.8 Å². The third-order valence-corrected chi connectivity index (χ3v) is 2.82. The molecule has 0 saturated heterocycles. The summed E-state index contributed by atoms with van der Waals surface area (Å²) in [6, 6.07) is 0.517. The van der Waals surface area contributed by atoms with Gasteiger partial charge in [-0.15, -0.1) is 24.0 Å². The maximum Gasteiger partial charge on any atom is 0.188 e. The molecule has 0 spiro atoms. The summed E-state index contributed by atoms with van der Waals surface area (Å²) in [5.41, 5.74) is 6.84. The SMILES string of the molecule is C=C(C)COCCN=C(N)NC1CCCCC1.I. The van der Waals surface area contributed by atoms with E-state index in [1.165, 1.54) is 32.1 Å². The highest BCUT2D eigenvalue weighted by Gasteiger charge is 2.12. The van der Waals surface area contributed by atoms with Crippen LogP contribution >= 0.6 is 24.0 Å². The molecule has 1 aliphatic carbocycles. The fraction of sp³-hybridized carbons (Fsp3) is 0.769. The van der Waals surface area contributed by atoms with Crippen LogP contribution in [0.4, 0.5) is 0 Å². The minimum absolute atomic E-state index is 0. The van der Waals surface area contributed by atoms with Crippen molar-refractivity contribution in [3.63, 3.8) is 0 Å². The zero-order valence-electron chi connectivity index (χ0n) is 11.3. The van der Waals surface area contributed by atoms with Crippen LogP contribution in [0.15, 0.2) is 17.1 Å². The summed E-state index contributed by atoms with van der Waals surface area (Å²) in [4.78, 5) is 4.24. The lowest BCUT2D eigenvalue weighted by Gasteiger charge is -2.23. The van der Waals surface area contributed by atoms with Crippen LogP contribution in [0.2, 0.25) is 0 Å². The molecule has 5 heteroatoms. The third-order valence-electron chi connectivity index (χ3n) is 2.82. The van der Waals surface area contributed by atoms with Gasteiger partial charge in [-0.1, -0.05) is 31.4 Å². The van der Waals surface area contributed by atoms with Gasteiger partial charge >= 0.3 is 0 Å². The van der Waals surface area contributed by atoms with Crippen molar-refractivity contribution in [1.29, 1.82) is 0 Å². The number of guanidine groups is 1. The van der Waals surface area contributed by atoms with Crippen molar-refractivity contribution in [2.24, 2.45) is 10.7 Å². The topological polar surface area (TPSA) is 59.6 Å². The van der Waals surface area contributed by atoms with E-state index in [0.717, 1.165) is 5.57 Å². The lowest BCUT2D eigenvalue weighted by molar-refractivity contribution is 0.164. The molecular formula is C13H26IN3O. The van der Waals surface area contributed by atoms with Crippen LogP contribution in [0.1, 0.15) is 39.0 Å². The Morgan fingerprint density at radius 2 is 2.06 bits per heavy atom. The van der Waals surface area contributed by atoms with E-state index in [1.807, 2.05) is 6.92 Å². The molecule has 0 aromatic carbocycles. The molecule has 0 aromatic heterocycles. The van der Waals surface area contributed by atoms with Crippen LogP contribution < -0.4 is 11.1 Å². The number of ether oxygens (including phenoxy) is 1. The lowest BCUT2D eigenvalue weighted by Crippen LogP contribution is -2.41. The second-order valence-corrected chi connectivity index (χ2v) is 4.76. The quantitative estimate of drug-likeness (QED) is 0.249. The van der Waals surface area contributed by atoms with Crippen LogP contribution in [0.5, 0.6) is 0 Å². The maximum absolute atomic E-state index is 5.81. The molecule has 0 bridgehead atoms. The monoisotopic (exact) mass is 367 g/mol. The predicted molar refractivity (Wildman–Crippen MR) is 87.5 cm³/mol. The maximum atomic E-state index is 5.81. The first-order valence-corrected chi connectivity index (χ1v) is 6.47. The number of nitrogens with zero attached hydrogens (tertiary/aromatic N) is 1. The van der Waals surface area contributed by atoms with Crippen LogP contribution in [-0.4, -0.2) is 31.8 Å². The number of hydrogen-bond donors (Lipinski definition) is 2. The Bertz CT molecular complexity index is 263. The first-order valence-electron chi connectivity index (χ1n) is 6.47. The highest BCUT2D eigenvalue weighted by atomic mass is 127. The Labute approximate surface area is 127 Å². The summed E-state index contributed by atoms with van der Waals surface area (Å²) in [7, 11) is 0. The average Bonchev–Trinajstić information content (AvgIpc) is 2.29. The molecule has 0 heterocycles. The lowest BCUT2D eigenvalue weighted by atomic mass is 9.96. The molecule has 0 atom stereocenters. The molecule has 1 fully saturated rings. The van der Waals surface area contributed by atoms with Gasteiger partial charge < -0.3 is 15.8 Å². The van der Waals surface area contributed by atoms with Crippen molar-refractivity contribution in [1.82, 2.24) is 5.32 Å². The average molecular weight is 367 g/mol. The zero-order chi connectivity index (χ0) is 12.5. The zero-order valence-corrected chi connectivity index (χ0v) is 13.6. The summed E-state index contributed by atoms with van der Waals surface area (Å²) in [5, 5.41) is 3.27. The van der Waals surface area contributed by atoms with Crippen molar-refractivity contribution < 1.29 is 4.74 Å². The van der Waals surface area contributed by atoms with Crippen LogP contribution in [-0.2, 0) is 4.74 Å². The van der Waals surface area contributed by atoms with E-state index in [9.17, 15) is 0 Å². The number of rotatable bonds is 6. The van der Waals surface area contributed by atoms with E-state index in [2.05, 4.69) is 16.9 Å². The number of aliphatic imine (C=N–C) groups is 1. The molecule has 0 amide bonds. The number of nitrogens with two attached hydrogens (primary N) is 1. The second kappa shape index (κ2) is 10.6. The second-order valence-electron chi connectivity index (χ2n) is 4.76. The third kappa shape index (κ3) is 8.74. The van der Waals surface area contributed by atoms with E-state index in [-0.39, 0.29) is 24.0 Å². The standard InChI is InChI=1S/C13H25N3O.HI/c1-11(2)10-17-9-8-15-13(14)16-12-6-4-3-5-7-12;/h12H,1,3-10H2,2H3,(H3,14,15,16);1H. The molecule has 0 radical (unpaired) electrons. The minimum atomic E-state index is 0. The Hall–Kier alpha value is -0.300. The van der Waals surface area contributed by atoms with Gasteiger partial charge in [0.15, 0.2) is 5.96 Å². The molecule has 0 unspecified atom stereocenters. The van der Waals surface area contributed by atoms with Crippen molar-refractivity contribution >= 4 is 29.9 Å². The van der Waals surface area contributed by atoms with Crippen LogP contribution in [0.25, 0.3) is 0 Å². The number of nitrogens with one attached hydrogen (secondary N) is 1. The molecule has 0 aromatic rings. The predicted octanol–water partition coefficient (Wildman–Crippen LogP) is 2.43. The van der Waals surface area contributed by atoms with E-state index in [0.29, 0.717) is 31.8 Å².